The zero-order valence-corrected chi connectivity index (χ0v) is 11.6. The summed E-state index contributed by atoms with van der Waals surface area (Å²) in [6, 6.07) is 2.17. The van der Waals surface area contributed by atoms with Gasteiger partial charge in [-0.25, -0.2) is 0 Å². The van der Waals surface area contributed by atoms with E-state index in [1.165, 1.54) is 12.8 Å². The summed E-state index contributed by atoms with van der Waals surface area (Å²) < 4.78 is 1.83. The van der Waals surface area contributed by atoms with Gasteiger partial charge in [-0.1, -0.05) is 12.8 Å². The van der Waals surface area contributed by atoms with E-state index in [4.69, 9.17) is 5.73 Å². The second-order valence-electron chi connectivity index (χ2n) is 5.61. The first kappa shape index (κ1) is 14.1. The van der Waals surface area contributed by atoms with Crippen molar-refractivity contribution >= 4 is 5.91 Å². The van der Waals surface area contributed by atoms with Crippen LogP contribution in [0.1, 0.15) is 39.0 Å². The van der Waals surface area contributed by atoms with E-state index in [1.54, 1.807) is 6.20 Å². The van der Waals surface area contributed by atoms with Crippen molar-refractivity contribution in [3.05, 3.63) is 18.5 Å². The summed E-state index contributed by atoms with van der Waals surface area (Å²) in [4.78, 5) is 12.0. The first-order valence-corrected chi connectivity index (χ1v) is 7.17. The zero-order valence-electron chi connectivity index (χ0n) is 11.6. The third-order valence-electron chi connectivity index (χ3n) is 3.84. The highest BCUT2D eigenvalue weighted by atomic mass is 16.1. The lowest BCUT2D eigenvalue weighted by Crippen LogP contribution is -2.40. The van der Waals surface area contributed by atoms with E-state index in [-0.39, 0.29) is 18.0 Å². The van der Waals surface area contributed by atoms with Crippen molar-refractivity contribution in [2.75, 3.05) is 0 Å². The minimum absolute atomic E-state index is 0.0900. The molecule has 1 fully saturated rings. The Morgan fingerprint density at radius 2 is 2.32 bits per heavy atom. The van der Waals surface area contributed by atoms with Crippen LogP contribution in [-0.2, 0) is 11.3 Å². The molecule has 0 aromatic carbocycles. The fraction of sp³-hybridized carbons (Fsp3) is 0.714. The summed E-state index contributed by atoms with van der Waals surface area (Å²) in [6.07, 6.45) is 8.76. The van der Waals surface area contributed by atoms with Gasteiger partial charge in [0.15, 0.2) is 0 Å². The number of rotatable bonds is 5. The molecule has 106 valence electrons. The minimum atomic E-state index is 0.0900. The number of amides is 1. The maximum absolute atomic E-state index is 12.0. The number of nitrogens with two attached hydrogens (primary N) is 1. The van der Waals surface area contributed by atoms with Crippen molar-refractivity contribution in [2.24, 2.45) is 11.7 Å². The number of aromatic nitrogens is 2. The van der Waals surface area contributed by atoms with E-state index in [9.17, 15) is 4.79 Å². The molecule has 0 spiro atoms. The highest BCUT2D eigenvalue weighted by Crippen LogP contribution is 2.25. The molecule has 1 aliphatic rings. The summed E-state index contributed by atoms with van der Waals surface area (Å²) in [6.45, 7) is 2.70. The molecule has 0 radical (unpaired) electrons. The Bertz CT molecular complexity index is 390. The maximum atomic E-state index is 12.0. The summed E-state index contributed by atoms with van der Waals surface area (Å²) in [7, 11) is 0. The van der Waals surface area contributed by atoms with Gasteiger partial charge in [-0.2, -0.15) is 5.10 Å². The maximum Gasteiger partial charge on any atom is 0.220 e. The lowest BCUT2D eigenvalue weighted by atomic mass is 9.83. The predicted molar refractivity (Wildman–Crippen MR) is 74.4 cm³/mol. The molecule has 0 aliphatic heterocycles. The number of nitrogens with zero attached hydrogens (tertiary/aromatic N) is 2. The Balaban J connectivity index is 1.74. The molecule has 3 N–H and O–H groups in total. The first-order chi connectivity index (χ1) is 9.15. The van der Waals surface area contributed by atoms with Crippen LogP contribution in [0.15, 0.2) is 18.5 Å². The van der Waals surface area contributed by atoms with E-state index in [0.29, 0.717) is 18.9 Å². The van der Waals surface area contributed by atoms with Gasteiger partial charge >= 0.3 is 0 Å². The Labute approximate surface area is 114 Å². The molecule has 19 heavy (non-hydrogen) atoms. The molecule has 5 nitrogen and oxygen atoms in total. The van der Waals surface area contributed by atoms with Gasteiger partial charge in [0.25, 0.3) is 0 Å². The van der Waals surface area contributed by atoms with Crippen LogP contribution < -0.4 is 11.1 Å². The molecular formula is C14H24N4O. The Morgan fingerprint density at radius 3 is 3.00 bits per heavy atom. The van der Waals surface area contributed by atoms with Crippen LogP contribution in [0, 0.1) is 5.92 Å². The molecule has 1 aliphatic carbocycles. The van der Waals surface area contributed by atoms with Gasteiger partial charge in [0.2, 0.25) is 5.91 Å². The SMILES string of the molecule is CC(Cn1cccn1)NC(=O)CC1CCCCC1N. The molecule has 1 amide bonds. The summed E-state index contributed by atoms with van der Waals surface area (Å²) in [5.74, 6) is 0.465. The normalized spacial score (nSPS) is 24.9. The molecule has 1 saturated carbocycles. The van der Waals surface area contributed by atoms with Gasteiger partial charge in [0.1, 0.15) is 0 Å². The zero-order chi connectivity index (χ0) is 13.7. The summed E-state index contributed by atoms with van der Waals surface area (Å²) in [5, 5.41) is 7.17. The van der Waals surface area contributed by atoms with Crippen LogP contribution in [-0.4, -0.2) is 27.8 Å². The lowest BCUT2D eigenvalue weighted by Gasteiger charge is -2.28. The fourth-order valence-corrected chi connectivity index (χ4v) is 2.80. The monoisotopic (exact) mass is 264 g/mol. The molecule has 1 heterocycles. The molecule has 0 bridgehead atoms. The molecule has 1 aromatic heterocycles. The molecule has 5 heteroatoms. The fourth-order valence-electron chi connectivity index (χ4n) is 2.80. The summed E-state index contributed by atoms with van der Waals surface area (Å²) in [5.41, 5.74) is 6.07. The minimum Gasteiger partial charge on any atom is -0.352 e. The highest BCUT2D eigenvalue weighted by Gasteiger charge is 2.24. The van der Waals surface area contributed by atoms with E-state index in [2.05, 4.69) is 10.4 Å². The third-order valence-corrected chi connectivity index (χ3v) is 3.84. The topological polar surface area (TPSA) is 72.9 Å². The first-order valence-electron chi connectivity index (χ1n) is 7.17. The van der Waals surface area contributed by atoms with Gasteiger partial charge in [0.05, 0.1) is 6.54 Å². The van der Waals surface area contributed by atoms with Crippen molar-refractivity contribution < 1.29 is 4.79 Å². The predicted octanol–water partition coefficient (Wildman–Crippen LogP) is 1.30. The highest BCUT2D eigenvalue weighted by molar-refractivity contribution is 5.76. The lowest BCUT2D eigenvalue weighted by molar-refractivity contribution is -0.123. The third kappa shape index (κ3) is 4.35. The van der Waals surface area contributed by atoms with Crippen LogP contribution in [0.25, 0.3) is 0 Å². The second-order valence-corrected chi connectivity index (χ2v) is 5.61. The Morgan fingerprint density at radius 1 is 1.53 bits per heavy atom. The number of carbonyl (C=O) groups excluding carboxylic acids is 1. The van der Waals surface area contributed by atoms with Crippen molar-refractivity contribution in [3.63, 3.8) is 0 Å². The average Bonchev–Trinajstić information content (AvgIpc) is 2.84. The Kier molecular flexibility index (Phi) is 4.96. The molecular weight excluding hydrogens is 240 g/mol. The summed E-state index contributed by atoms with van der Waals surface area (Å²) >= 11 is 0. The number of hydrogen-bond donors (Lipinski definition) is 2. The average molecular weight is 264 g/mol. The smallest absolute Gasteiger partial charge is 0.220 e. The van der Waals surface area contributed by atoms with E-state index >= 15 is 0 Å². The van der Waals surface area contributed by atoms with Crippen LogP contribution in [0.4, 0.5) is 0 Å². The number of hydrogen-bond acceptors (Lipinski definition) is 3. The van der Waals surface area contributed by atoms with Crippen LogP contribution >= 0.6 is 0 Å². The number of carbonyl (C=O) groups is 1. The van der Waals surface area contributed by atoms with Crippen LogP contribution in [0.5, 0.6) is 0 Å². The van der Waals surface area contributed by atoms with Gasteiger partial charge in [-0.05, 0) is 31.7 Å². The van der Waals surface area contributed by atoms with E-state index < -0.39 is 0 Å². The molecule has 3 unspecified atom stereocenters. The van der Waals surface area contributed by atoms with E-state index in [0.717, 1.165) is 12.8 Å². The largest absolute Gasteiger partial charge is 0.352 e. The number of nitrogens with one attached hydrogen (secondary N) is 1. The van der Waals surface area contributed by atoms with Gasteiger partial charge < -0.3 is 11.1 Å². The molecule has 3 atom stereocenters. The standard InChI is InChI=1S/C14H24N4O/c1-11(10-18-8-4-7-16-18)17-14(19)9-12-5-2-3-6-13(12)15/h4,7-8,11-13H,2-3,5-6,9-10,15H2,1H3,(H,17,19). The van der Waals surface area contributed by atoms with Crippen LogP contribution in [0.3, 0.4) is 0 Å². The quantitative estimate of drug-likeness (QED) is 0.842. The Hall–Kier alpha value is -1.36. The van der Waals surface area contributed by atoms with Gasteiger partial charge in [-0.3, -0.25) is 9.48 Å². The van der Waals surface area contributed by atoms with Crippen molar-refractivity contribution in [1.29, 1.82) is 0 Å². The van der Waals surface area contributed by atoms with Gasteiger partial charge in [-0.15, -0.1) is 0 Å². The van der Waals surface area contributed by atoms with Crippen molar-refractivity contribution in [3.8, 4) is 0 Å². The van der Waals surface area contributed by atoms with Gasteiger partial charge in [0, 0.05) is 30.9 Å². The second kappa shape index (κ2) is 6.70. The van der Waals surface area contributed by atoms with Crippen molar-refractivity contribution in [2.45, 2.75) is 57.7 Å². The molecule has 2 rings (SSSR count). The van der Waals surface area contributed by atoms with Crippen molar-refractivity contribution in [1.82, 2.24) is 15.1 Å². The van der Waals surface area contributed by atoms with E-state index in [1.807, 2.05) is 23.9 Å². The molecule has 1 aromatic rings. The van der Waals surface area contributed by atoms with Crippen LogP contribution in [0.2, 0.25) is 0 Å². The molecule has 0 saturated heterocycles.